The number of unbranched alkanes of at least 4 members (excludes halogenated alkanes) is 1. The molecule has 34 heavy (non-hydrogen) atoms. The number of ether oxygens (including phenoxy) is 3. The lowest BCUT2D eigenvalue weighted by molar-refractivity contribution is -0.195. The van der Waals surface area contributed by atoms with E-state index in [1.807, 2.05) is 12.2 Å². The Morgan fingerprint density at radius 1 is 1.18 bits per heavy atom. The van der Waals surface area contributed by atoms with Gasteiger partial charge in [0.25, 0.3) is 0 Å². The van der Waals surface area contributed by atoms with Crippen molar-refractivity contribution in [3.8, 4) is 0 Å². The van der Waals surface area contributed by atoms with Gasteiger partial charge in [-0.05, 0) is 63.7 Å². The summed E-state index contributed by atoms with van der Waals surface area (Å²) in [4.78, 5) is 36.0. The molecule has 4 atom stereocenters. The molecule has 0 aromatic carbocycles. The predicted molar refractivity (Wildman–Crippen MR) is 123 cm³/mol. The summed E-state index contributed by atoms with van der Waals surface area (Å²) in [5, 5.41) is 0. The normalized spacial score (nSPS) is 25.7. The van der Waals surface area contributed by atoms with Crippen LogP contribution >= 0.6 is 0 Å². The summed E-state index contributed by atoms with van der Waals surface area (Å²) < 4.78 is 44.2. The lowest BCUT2D eigenvalue weighted by atomic mass is 9.86. The number of hydrogen-bond donors (Lipinski definition) is 0. The maximum absolute atomic E-state index is 13.8. The summed E-state index contributed by atoms with van der Waals surface area (Å²) in [6.07, 6.45) is 9.14. The van der Waals surface area contributed by atoms with Crippen LogP contribution in [0.5, 0.6) is 0 Å². The third-order valence-corrected chi connectivity index (χ3v) is 6.72. The van der Waals surface area contributed by atoms with Crippen LogP contribution in [0.15, 0.2) is 12.2 Å². The van der Waals surface area contributed by atoms with Crippen LogP contribution in [0.3, 0.4) is 0 Å². The van der Waals surface area contributed by atoms with Gasteiger partial charge in [-0.1, -0.05) is 19.1 Å². The van der Waals surface area contributed by atoms with Gasteiger partial charge in [-0.2, -0.15) is 8.78 Å². The second-order valence-electron chi connectivity index (χ2n) is 9.36. The molecule has 2 fully saturated rings. The lowest BCUT2D eigenvalue weighted by Gasteiger charge is -2.29. The summed E-state index contributed by atoms with van der Waals surface area (Å²) in [5.41, 5.74) is 0. The molecule has 1 aliphatic carbocycles. The first-order valence-corrected chi connectivity index (χ1v) is 12.7. The Balaban J connectivity index is 1.94. The van der Waals surface area contributed by atoms with Crippen LogP contribution in [0.4, 0.5) is 8.78 Å². The predicted octanol–water partition coefficient (Wildman–Crippen LogP) is 5.57. The fourth-order valence-corrected chi connectivity index (χ4v) is 4.81. The van der Waals surface area contributed by atoms with E-state index in [-0.39, 0.29) is 61.7 Å². The fraction of sp³-hybridized carbons (Fsp3) is 0.808. The van der Waals surface area contributed by atoms with Crippen LogP contribution in [0.1, 0.15) is 90.4 Å². The number of allylic oxidation sites excluding steroid dienone is 2. The van der Waals surface area contributed by atoms with Gasteiger partial charge in [0.2, 0.25) is 5.78 Å². The lowest BCUT2D eigenvalue weighted by Crippen LogP contribution is -2.31. The average Bonchev–Trinajstić information content (AvgIpc) is 3.10. The van der Waals surface area contributed by atoms with E-state index in [4.69, 9.17) is 9.47 Å². The zero-order chi connectivity index (χ0) is 25.0. The highest BCUT2D eigenvalue weighted by Gasteiger charge is 2.43. The smallest absolute Gasteiger partial charge is 0.305 e. The highest BCUT2D eigenvalue weighted by molar-refractivity contribution is 5.86. The number of hydrogen-bond acceptors (Lipinski definition) is 6. The number of alkyl halides is 2. The molecular weight excluding hydrogens is 446 g/mol. The summed E-state index contributed by atoms with van der Waals surface area (Å²) in [7, 11) is 1.37. The van der Waals surface area contributed by atoms with Crippen molar-refractivity contribution in [3.63, 3.8) is 0 Å². The van der Waals surface area contributed by atoms with Gasteiger partial charge in [0.1, 0.15) is 5.78 Å². The number of esters is 1. The highest BCUT2D eigenvalue weighted by atomic mass is 19.3. The third-order valence-electron chi connectivity index (χ3n) is 6.72. The number of methoxy groups -OCH3 is 1. The van der Waals surface area contributed by atoms with Crippen LogP contribution in [-0.4, -0.2) is 49.6 Å². The molecule has 1 heterocycles. The minimum atomic E-state index is -3.29. The van der Waals surface area contributed by atoms with Gasteiger partial charge in [0, 0.05) is 38.2 Å². The van der Waals surface area contributed by atoms with E-state index in [2.05, 4.69) is 4.74 Å². The van der Waals surface area contributed by atoms with Crippen LogP contribution < -0.4 is 0 Å². The quantitative estimate of drug-likeness (QED) is 0.171. The number of carbonyl (C=O) groups excluding carboxylic acids is 3. The molecule has 1 saturated carbocycles. The van der Waals surface area contributed by atoms with Gasteiger partial charge in [0.05, 0.1) is 13.2 Å². The second-order valence-corrected chi connectivity index (χ2v) is 9.36. The van der Waals surface area contributed by atoms with E-state index in [9.17, 15) is 23.2 Å². The minimum Gasteiger partial charge on any atom is -0.469 e. The van der Waals surface area contributed by atoms with Crippen molar-refractivity contribution >= 4 is 17.5 Å². The molecule has 1 aliphatic heterocycles. The first kappa shape index (κ1) is 28.6. The topological polar surface area (TPSA) is 78.9 Å². The molecule has 194 valence electrons. The molecule has 0 N–H and O–H groups in total. The van der Waals surface area contributed by atoms with E-state index in [0.29, 0.717) is 32.3 Å². The molecule has 8 heteroatoms. The SMILES string of the molecule is CCCC(F)(F)C(=O)CCC[C@H]1C(=O)C[C@H](OC2CCCCO2)[C@@H]1C/C=C\CCCC(=O)OC. The van der Waals surface area contributed by atoms with Gasteiger partial charge in [0.15, 0.2) is 6.29 Å². The Morgan fingerprint density at radius 2 is 1.97 bits per heavy atom. The molecule has 2 aliphatic rings. The number of halogens is 2. The fourth-order valence-electron chi connectivity index (χ4n) is 4.81. The molecule has 1 saturated heterocycles. The molecule has 0 bridgehead atoms. The van der Waals surface area contributed by atoms with Crippen LogP contribution in [0.2, 0.25) is 0 Å². The first-order chi connectivity index (χ1) is 16.3. The molecule has 0 aromatic rings. The van der Waals surface area contributed by atoms with Crippen molar-refractivity contribution < 1.29 is 37.4 Å². The maximum atomic E-state index is 13.8. The van der Waals surface area contributed by atoms with E-state index >= 15 is 0 Å². The van der Waals surface area contributed by atoms with Crippen molar-refractivity contribution in [2.75, 3.05) is 13.7 Å². The van der Waals surface area contributed by atoms with Crippen molar-refractivity contribution in [2.24, 2.45) is 11.8 Å². The van der Waals surface area contributed by atoms with Gasteiger partial charge < -0.3 is 14.2 Å². The molecule has 6 nitrogen and oxygen atoms in total. The summed E-state index contributed by atoms with van der Waals surface area (Å²) in [6, 6.07) is 0. The van der Waals surface area contributed by atoms with Gasteiger partial charge in [-0.15, -0.1) is 0 Å². The molecule has 2 rings (SSSR count). The molecule has 0 spiro atoms. The maximum Gasteiger partial charge on any atom is 0.305 e. The van der Waals surface area contributed by atoms with Crippen LogP contribution in [0.25, 0.3) is 0 Å². The Bertz CT molecular complexity index is 687. The zero-order valence-electron chi connectivity index (χ0n) is 20.6. The van der Waals surface area contributed by atoms with E-state index in [1.165, 1.54) is 7.11 Å². The Hall–Kier alpha value is -1.67. The Labute approximate surface area is 201 Å². The van der Waals surface area contributed by atoms with Gasteiger partial charge >= 0.3 is 11.9 Å². The van der Waals surface area contributed by atoms with Crippen molar-refractivity contribution in [2.45, 2.75) is 109 Å². The third kappa shape index (κ3) is 9.17. The molecule has 0 amide bonds. The summed E-state index contributed by atoms with van der Waals surface area (Å²) >= 11 is 0. The standard InChI is InChI=1S/C26H40F2O6/c1-3-16-26(27,28)23(30)13-10-12-19-20(11-6-4-5-7-14-24(31)32-2)22(18-21(19)29)34-25-15-8-9-17-33-25/h4,6,19-20,22,25H,3,5,7-18H2,1-2H3/b6-4-/t19-,20-,22+,25?/m1/s1. The van der Waals surface area contributed by atoms with Gasteiger partial charge in [-0.25, -0.2) is 0 Å². The molecule has 1 unspecified atom stereocenters. The van der Waals surface area contributed by atoms with Crippen molar-refractivity contribution in [1.82, 2.24) is 0 Å². The molecular formula is C26H40F2O6. The number of rotatable bonds is 15. The van der Waals surface area contributed by atoms with E-state index in [1.54, 1.807) is 6.92 Å². The number of carbonyl (C=O) groups is 3. The second kappa shape index (κ2) is 14.7. The summed E-state index contributed by atoms with van der Waals surface area (Å²) in [6.45, 7) is 2.27. The number of Topliss-reactive ketones (excluding diaryl/α,β-unsaturated/α-hetero) is 2. The Morgan fingerprint density at radius 3 is 2.65 bits per heavy atom. The summed E-state index contributed by atoms with van der Waals surface area (Å²) in [5.74, 6) is -4.90. The minimum absolute atomic E-state index is 0.0673. The van der Waals surface area contributed by atoms with Crippen molar-refractivity contribution in [3.05, 3.63) is 12.2 Å². The van der Waals surface area contributed by atoms with E-state index in [0.717, 1.165) is 25.7 Å². The molecule has 0 radical (unpaired) electrons. The van der Waals surface area contributed by atoms with Crippen LogP contribution in [-0.2, 0) is 28.6 Å². The Kier molecular flexibility index (Phi) is 12.3. The van der Waals surface area contributed by atoms with Crippen molar-refractivity contribution in [1.29, 1.82) is 0 Å². The molecule has 0 aromatic heterocycles. The largest absolute Gasteiger partial charge is 0.469 e. The monoisotopic (exact) mass is 486 g/mol. The zero-order valence-corrected chi connectivity index (χ0v) is 20.6. The highest BCUT2D eigenvalue weighted by Crippen LogP contribution is 2.39. The van der Waals surface area contributed by atoms with Crippen LogP contribution in [0, 0.1) is 11.8 Å². The number of ketones is 2. The average molecular weight is 487 g/mol. The van der Waals surface area contributed by atoms with E-state index < -0.39 is 18.1 Å². The van der Waals surface area contributed by atoms with Gasteiger partial charge in [-0.3, -0.25) is 14.4 Å². The first-order valence-electron chi connectivity index (χ1n) is 12.7.